The molecule has 0 aliphatic heterocycles. The first kappa shape index (κ1) is 33.7. The summed E-state index contributed by atoms with van der Waals surface area (Å²) in [5.41, 5.74) is 0.949. The van der Waals surface area contributed by atoms with Crippen LogP contribution in [0.3, 0.4) is 0 Å². The number of benzene rings is 3. The van der Waals surface area contributed by atoms with Crippen molar-refractivity contribution in [2.24, 2.45) is 0 Å². The number of carbonyl (C=O) groups is 2. The van der Waals surface area contributed by atoms with Gasteiger partial charge in [-0.05, 0) is 42.2 Å². The average Bonchev–Trinajstić information content (AvgIpc) is 3.02. The zero-order chi connectivity index (χ0) is 32.6. The number of amides is 2. The Morgan fingerprint density at radius 2 is 1.69 bits per heavy atom. The van der Waals surface area contributed by atoms with Crippen LogP contribution in [-0.2, 0) is 32.6 Å². The smallest absolute Gasteiger partial charge is 0.271 e. The Morgan fingerprint density at radius 3 is 2.29 bits per heavy atom. The van der Waals surface area contributed by atoms with Gasteiger partial charge in [-0.2, -0.15) is 0 Å². The number of nitro groups is 1. The van der Waals surface area contributed by atoms with E-state index in [0.29, 0.717) is 10.6 Å². The van der Waals surface area contributed by atoms with Crippen LogP contribution >= 0.6 is 11.6 Å². The zero-order valence-electron chi connectivity index (χ0n) is 25.2. The van der Waals surface area contributed by atoms with Gasteiger partial charge in [0.15, 0.2) is 0 Å². The maximum Gasteiger partial charge on any atom is 0.271 e. The number of hydrogen-bond acceptors (Lipinski definition) is 7. The lowest BCUT2D eigenvalue weighted by atomic mass is 9.94. The predicted molar refractivity (Wildman–Crippen MR) is 173 cm³/mol. The van der Waals surface area contributed by atoms with E-state index in [2.05, 4.69) is 5.32 Å². The van der Waals surface area contributed by atoms with Crippen LogP contribution in [-0.4, -0.2) is 62.0 Å². The maximum atomic E-state index is 14.3. The topological polar surface area (TPSA) is 139 Å². The van der Waals surface area contributed by atoms with E-state index in [1.807, 2.05) is 30.3 Å². The highest BCUT2D eigenvalue weighted by atomic mass is 35.5. The highest BCUT2D eigenvalue weighted by molar-refractivity contribution is 7.92. The molecule has 1 fully saturated rings. The fourth-order valence-corrected chi connectivity index (χ4v) is 6.44. The summed E-state index contributed by atoms with van der Waals surface area (Å²) >= 11 is 6.11. The highest BCUT2D eigenvalue weighted by Crippen LogP contribution is 2.34. The van der Waals surface area contributed by atoms with Gasteiger partial charge in [0.1, 0.15) is 24.0 Å². The van der Waals surface area contributed by atoms with E-state index in [0.717, 1.165) is 54.3 Å². The Labute approximate surface area is 268 Å². The number of carbonyl (C=O) groups excluding carboxylic acids is 2. The normalized spacial score (nSPS) is 14.3. The van der Waals surface area contributed by atoms with Crippen LogP contribution < -0.4 is 14.4 Å². The minimum atomic E-state index is -4.16. The third-order valence-corrected chi connectivity index (χ3v) is 9.19. The molecule has 1 N–H and O–H groups in total. The SMILES string of the molecule is COc1ccc([N+](=O)[O-])cc1N(CC(=O)N(Cc1ccc(Cl)cc1)[C@H](Cc1ccccc1)C(=O)NC1CCCCC1)S(C)(=O)=O. The Kier molecular flexibility index (Phi) is 11.4. The van der Waals surface area contributed by atoms with Crippen molar-refractivity contribution in [3.8, 4) is 5.75 Å². The number of nitrogens with zero attached hydrogens (tertiary/aromatic N) is 3. The van der Waals surface area contributed by atoms with E-state index in [1.165, 1.54) is 24.1 Å². The Bertz CT molecular complexity index is 1600. The first-order chi connectivity index (χ1) is 21.5. The van der Waals surface area contributed by atoms with Gasteiger partial charge >= 0.3 is 0 Å². The molecule has 3 aromatic carbocycles. The van der Waals surface area contributed by atoms with Gasteiger partial charge in [0, 0.05) is 36.2 Å². The summed E-state index contributed by atoms with van der Waals surface area (Å²) in [4.78, 5) is 40.6. The molecule has 2 amide bonds. The fraction of sp³-hybridized carbons (Fsp3) is 0.375. The third kappa shape index (κ3) is 9.18. The van der Waals surface area contributed by atoms with Gasteiger partial charge in [0.2, 0.25) is 21.8 Å². The van der Waals surface area contributed by atoms with E-state index in [1.54, 1.807) is 24.3 Å². The molecule has 4 rings (SSSR count). The molecule has 1 atom stereocenters. The van der Waals surface area contributed by atoms with Crippen LogP contribution in [0.2, 0.25) is 5.02 Å². The van der Waals surface area contributed by atoms with Crippen molar-refractivity contribution < 1.29 is 27.7 Å². The molecule has 0 unspecified atom stereocenters. The second-order valence-electron chi connectivity index (χ2n) is 11.1. The number of rotatable bonds is 13. The van der Waals surface area contributed by atoms with Gasteiger partial charge in [0.25, 0.3) is 5.69 Å². The minimum Gasteiger partial charge on any atom is -0.495 e. The number of hydrogen-bond donors (Lipinski definition) is 1. The summed E-state index contributed by atoms with van der Waals surface area (Å²) in [7, 11) is -2.87. The standard InChI is InChI=1S/C32H37ClN4O7S/c1-44-30-18-17-27(37(40)41)20-28(30)36(45(2,42)43)22-31(38)35(21-24-13-15-25(33)16-14-24)29(19-23-9-5-3-6-10-23)32(39)34-26-11-7-4-8-12-26/h3,5-6,9-10,13-18,20,26,29H,4,7-8,11-12,19,21-22H2,1-2H3,(H,34,39)/t29-/m1/s1. The number of nitro benzene ring substituents is 1. The van der Waals surface area contributed by atoms with Crippen molar-refractivity contribution in [3.05, 3.63) is 99.1 Å². The van der Waals surface area contributed by atoms with Crippen molar-refractivity contribution in [1.82, 2.24) is 10.2 Å². The van der Waals surface area contributed by atoms with Gasteiger partial charge in [-0.3, -0.25) is 24.0 Å². The molecule has 0 saturated heterocycles. The molecular formula is C32H37ClN4O7S. The lowest BCUT2D eigenvalue weighted by Crippen LogP contribution is -2.55. The van der Waals surface area contributed by atoms with Gasteiger partial charge in [-0.25, -0.2) is 8.42 Å². The van der Waals surface area contributed by atoms with E-state index < -0.39 is 33.4 Å². The summed E-state index contributed by atoms with van der Waals surface area (Å²) < 4.78 is 32.4. The number of sulfonamides is 1. The number of halogens is 1. The molecule has 0 bridgehead atoms. The molecule has 13 heteroatoms. The van der Waals surface area contributed by atoms with E-state index in [4.69, 9.17) is 16.3 Å². The molecule has 45 heavy (non-hydrogen) atoms. The average molecular weight is 657 g/mol. The number of ether oxygens (including phenoxy) is 1. The summed E-state index contributed by atoms with van der Waals surface area (Å²) in [6.45, 7) is -0.749. The quantitative estimate of drug-likeness (QED) is 0.199. The third-order valence-electron chi connectivity index (χ3n) is 7.81. The zero-order valence-corrected chi connectivity index (χ0v) is 26.8. The van der Waals surface area contributed by atoms with Crippen molar-refractivity contribution >= 4 is 44.8 Å². The molecule has 0 heterocycles. The van der Waals surface area contributed by atoms with E-state index in [-0.39, 0.29) is 42.0 Å². The number of methoxy groups -OCH3 is 1. The van der Waals surface area contributed by atoms with Gasteiger partial charge in [-0.1, -0.05) is 73.3 Å². The van der Waals surface area contributed by atoms with Crippen molar-refractivity contribution in [3.63, 3.8) is 0 Å². The number of nitrogens with one attached hydrogen (secondary N) is 1. The Morgan fingerprint density at radius 1 is 1.02 bits per heavy atom. The van der Waals surface area contributed by atoms with Crippen LogP contribution in [0.15, 0.2) is 72.8 Å². The fourth-order valence-electron chi connectivity index (χ4n) is 5.47. The van der Waals surface area contributed by atoms with Crippen LogP contribution in [0, 0.1) is 10.1 Å². The summed E-state index contributed by atoms with van der Waals surface area (Å²) in [5, 5.41) is 15.2. The second kappa shape index (κ2) is 15.2. The minimum absolute atomic E-state index is 0.0186. The lowest BCUT2D eigenvalue weighted by molar-refractivity contribution is -0.384. The molecule has 0 spiro atoms. The van der Waals surface area contributed by atoms with Crippen molar-refractivity contribution in [2.45, 2.75) is 57.2 Å². The molecule has 0 aromatic heterocycles. The number of non-ortho nitro benzene ring substituents is 1. The van der Waals surface area contributed by atoms with Gasteiger partial charge < -0.3 is 15.0 Å². The van der Waals surface area contributed by atoms with Gasteiger partial charge in [-0.15, -0.1) is 0 Å². The molecule has 3 aromatic rings. The van der Waals surface area contributed by atoms with Crippen LogP contribution in [0.25, 0.3) is 0 Å². The predicted octanol–water partition coefficient (Wildman–Crippen LogP) is 5.11. The highest BCUT2D eigenvalue weighted by Gasteiger charge is 2.35. The molecule has 1 aliphatic carbocycles. The summed E-state index contributed by atoms with van der Waals surface area (Å²) in [5.74, 6) is -0.991. The van der Waals surface area contributed by atoms with Crippen LogP contribution in [0.4, 0.5) is 11.4 Å². The summed E-state index contributed by atoms with van der Waals surface area (Å²) in [6.07, 6.45) is 5.85. The molecule has 240 valence electrons. The monoisotopic (exact) mass is 656 g/mol. The van der Waals surface area contributed by atoms with Crippen LogP contribution in [0.5, 0.6) is 5.75 Å². The summed E-state index contributed by atoms with van der Waals surface area (Å²) in [6, 6.07) is 18.6. The maximum absolute atomic E-state index is 14.3. The van der Waals surface area contributed by atoms with Gasteiger partial charge in [0.05, 0.1) is 18.3 Å². The lowest BCUT2D eigenvalue weighted by Gasteiger charge is -2.35. The van der Waals surface area contributed by atoms with Crippen LogP contribution in [0.1, 0.15) is 43.2 Å². The largest absolute Gasteiger partial charge is 0.495 e. The molecule has 11 nitrogen and oxygen atoms in total. The first-order valence-electron chi connectivity index (χ1n) is 14.6. The Balaban J connectivity index is 1.77. The second-order valence-corrected chi connectivity index (χ2v) is 13.4. The van der Waals surface area contributed by atoms with Crippen molar-refractivity contribution in [2.75, 3.05) is 24.2 Å². The first-order valence-corrected chi connectivity index (χ1v) is 16.9. The molecular weight excluding hydrogens is 620 g/mol. The number of anilines is 1. The molecule has 0 radical (unpaired) electrons. The van der Waals surface area contributed by atoms with E-state index in [9.17, 15) is 28.1 Å². The molecule has 1 aliphatic rings. The van der Waals surface area contributed by atoms with E-state index >= 15 is 0 Å². The van der Waals surface area contributed by atoms with Crippen molar-refractivity contribution in [1.29, 1.82) is 0 Å². The Hall–Kier alpha value is -4.16. The molecule has 1 saturated carbocycles.